The summed E-state index contributed by atoms with van der Waals surface area (Å²) in [5.74, 6) is 0. The van der Waals surface area contributed by atoms with Crippen molar-refractivity contribution in [2.45, 2.75) is 38.1 Å². The van der Waals surface area contributed by atoms with Gasteiger partial charge in [0.25, 0.3) is 0 Å². The lowest BCUT2D eigenvalue weighted by molar-refractivity contribution is 0.508. The Balaban J connectivity index is 2.40. The number of hydrogen-bond acceptors (Lipinski definition) is 1. The number of unbranched alkanes of at least 4 members (excludes halogenated alkanes) is 3. The van der Waals surface area contributed by atoms with Crippen LogP contribution < -0.4 is 5.32 Å². The largest absolute Gasteiger partial charge is 0.313 e. The summed E-state index contributed by atoms with van der Waals surface area (Å²) in [6, 6.07) is 9.26. The van der Waals surface area contributed by atoms with E-state index in [9.17, 15) is 0 Å². The zero-order valence-electron chi connectivity index (χ0n) is 10.6. The minimum Gasteiger partial charge on any atom is -0.313 e. The van der Waals surface area contributed by atoms with Gasteiger partial charge < -0.3 is 5.32 Å². The molecule has 1 rings (SSSR count). The topological polar surface area (TPSA) is 12.0 Å². The molecule has 1 aromatic rings. The molecule has 2 heteroatoms. The molecule has 0 aliphatic rings. The minimum atomic E-state index is 0.494. The summed E-state index contributed by atoms with van der Waals surface area (Å²) < 4.78 is 1.31. The third-order valence-electron chi connectivity index (χ3n) is 3.00. The van der Waals surface area contributed by atoms with Crippen LogP contribution in [-0.4, -0.2) is 7.05 Å². The summed E-state index contributed by atoms with van der Waals surface area (Å²) in [7, 11) is 2.05. The fourth-order valence-corrected chi connectivity index (χ4v) is 2.58. The van der Waals surface area contributed by atoms with Gasteiger partial charge >= 0.3 is 0 Å². The van der Waals surface area contributed by atoms with E-state index in [0.717, 1.165) is 6.42 Å². The quantitative estimate of drug-likeness (QED) is 0.410. The minimum absolute atomic E-state index is 0.494. The monoisotopic (exact) mass is 343 g/mol. The van der Waals surface area contributed by atoms with Crippen molar-refractivity contribution in [3.05, 3.63) is 46.1 Å². The van der Waals surface area contributed by atoms with E-state index in [2.05, 4.69) is 58.8 Å². The van der Waals surface area contributed by atoms with E-state index in [1.807, 2.05) is 13.1 Å². The van der Waals surface area contributed by atoms with Crippen molar-refractivity contribution in [1.82, 2.24) is 5.32 Å². The molecule has 1 atom stereocenters. The Morgan fingerprint density at radius 3 is 2.82 bits per heavy atom. The lowest BCUT2D eigenvalue weighted by Gasteiger charge is -2.16. The molecule has 1 aromatic carbocycles. The molecule has 1 nitrogen and oxygen atoms in total. The zero-order chi connectivity index (χ0) is 12.5. The lowest BCUT2D eigenvalue weighted by atomic mass is 10.0. The Labute approximate surface area is 119 Å². The Morgan fingerprint density at radius 2 is 2.18 bits per heavy atom. The highest BCUT2D eigenvalue weighted by Crippen LogP contribution is 2.21. The smallest absolute Gasteiger partial charge is 0.0317 e. The Bertz CT molecular complexity index is 335. The lowest BCUT2D eigenvalue weighted by Crippen LogP contribution is -2.16. The third kappa shape index (κ3) is 5.68. The molecule has 0 aliphatic heterocycles. The Kier molecular flexibility index (Phi) is 7.53. The first-order chi connectivity index (χ1) is 8.27. The number of halogens is 1. The molecular weight excluding hydrogens is 321 g/mol. The molecule has 0 bridgehead atoms. The Hall–Kier alpha value is -0.350. The molecular formula is C15H22IN. The third-order valence-corrected chi connectivity index (χ3v) is 3.67. The van der Waals surface area contributed by atoms with Gasteiger partial charge in [0.2, 0.25) is 0 Å². The van der Waals surface area contributed by atoms with Crippen molar-refractivity contribution in [2.24, 2.45) is 0 Å². The average molecular weight is 343 g/mol. The molecule has 1 N–H and O–H groups in total. The molecule has 0 fully saturated rings. The zero-order valence-corrected chi connectivity index (χ0v) is 12.7. The van der Waals surface area contributed by atoms with Crippen molar-refractivity contribution < 1.29 is 0 Å². The second kappa shape index (κ2) is 8.70. The number of allylic oxidation sites excluding steroid dienone is 1. The molecule has 0 amide bonds. The molecule has 1 unspecified atom stereocenters. The van der Waals surface area contributed by atoms with Crippen molar-refractivity contribution in [3.8, 4) is 0 Å². The fourth-order valence-electron chi connectivity index (χ4n) is 2.01. The molecule has 0 aliphatic carbocycles. The van der Waals surface area contributed by atoms with Crippen molar-refractivity contribution in [1.29, 1.82) is 0 Å². The van der Waals surface area contributed by atoms with Crippen LogP contribution in [0.4, 0.5) is 0 Å². The number of hydrogen-bond donors (Lipinski definition) is 1. The normalized spacial score (nSPS) is 12.4. The standard InChI is InChI=1S/C15H22IN/c1-3-4-5-6-7-11-15(17-2)13-9-8-10-14(16)12-13/h3,8-10,12,15,17H,1,4-7,11H2,2H3. The summed E-state index contributed by atoms with van der Waals surface area (Å²) in [4.78, 5) is 0. The highest BCUT2D eigenvalue weighted by Gasteiger charge is 2.08. The van der Waals surface area contributed by atoms with Gasteiger partial charge in [0.1, 0.15) is 0 Å². The van der Waals surface area contributed by atoms with E-state index in [4.69, 9.17) is 0 Å². The van der Waals surface area contributed by atoms with Gasteiger partial charge in [0, 0.05) is 9.61 Å². The number of rotatable bonds is 8. The molecule has 0 saturated carbocycles. The SMILES string of the molecule is C=CCCCCCC(NC)c1cccc(I)c1. The van der Waals surface area contributed by atoms with Gasteiger partial charge in [-0.15, -0.1) is 6.58 Å². The first kappa shape index (κ1) is 14.7. The van der Waals surface area contributed by atoms with Crippen LogP contribution in [0, 0.1) is 3.57 Å². The first-order valence-corrected chi connectivity index (χ1v) is 7.39. The number of benzene rings is 1. The van der Waals surface area contributed by atoms with Crippen LogP contribution in [0.15, 0.2) is 36.9 Å². The van der Waals surface area contributed by atoms with Crippen LogP contribution in [-0.2, 0) is 0 Å². The van der Waals surface area contributed by atoms with Crippen LogP contribution in [0.5, 0.6) is 0 Å². The van der Waals surface area contributed by atoms with Crippen LogP contribution in [0.3, 0.4) is 0 Å². The van der Waals surface area contributed by atoms with Crippen LogP contribution in [0.1, 0.15) is 43.7 Å². The molecule has 0 saturated heterocycles. The van der Waals surface area contributed by atoms with E-state index in [1.54, 1.807) is 0 Å². The maximum absolute atomic E-state index is 3.75. The molecule has 0 aromatic heterocycles. The predicted molar refractivity (Wildman–Crippen MR) is 84.2 cm³/mol. The van der Waals surface area contributed by atoms with Gasteiger partial charge in [-0.3, -0.25) is 0 Å². The van der Waals surface area contributed by atoms with Gasteiger partial charge in [-0.25, -0.2) is 0 Å². The van der Waals surface area contributed by atoms with E-state index in [-0.39, 0.29) is 0 Å². The second-order valence-electron chi connectivity index (χ2n) is 4.32. The van der Waals surface area contributed by atoms with Crippen molar-refractivity contribution >= 4 is 22.6 Å². The van der Waals surface area contributed by atoms with Crippen LogP contribution >= 0.6 is 22.6 Å². The molecule has 0 heterocycles. The van der Waals surface area contributed by atoms with E-state index in [1.165, 1.54) is 34.8 Å². The molecule has 0 spiro atoms. The summed E-state index contributed by atoms with van der Waals surface area (Å²) in [5.41, 5.74) is 1.41. The van der Waals surface area contributed by atoms with Gasteiger partial charge in [0.05, 0.1) is 0 Å². The van der Waals surface area contributed by atoms with Gasteiger partial charge in [-0.2, -0.15) is 0 Å². The highest BCUT2D eigenvalue weighted by atomic mass is 127. The second-order valence-corrected chi connectivity index (χ2v) is 5.57. The first-order valence-electron chi connectivity index (χ1n) is 6.31. The Morgan fingerprint density at radius 1 is 1.35 bits per heavy atom. The van der Waals surface area contributed by atoms with E-state index in [0.29, 0.717) is 6.04 Å². The highest BCUT2D eigenvalue weighted by molar-refractivity contribution is 14.1. The van der Waals surface area contributed by atoms with Gasteiger partial charge in [-0.1, -0.05) is 31.1 Å². The molecule has 0 radical (unpaired) electrons. The summed E-state index contributed by atoms with van der Waals surface area (Å²) in [5, 5.41) is 3.41. The van der Waals surface area contributed by atoms with Crippen LogP contribution in [0.25, 0.3) is 0 Å². The average Bonchev–Trinajstić information content (AvgIpc) is 2.34. The van der Waals surface area contributed by atoms with Crippen molar-refractivity contribution in [3.63, 3.8) is 0 Å². The fraction of sp³-hybridized carbons (Fsp3) is 0.467. The number of nitrogens with one attached hydrogen (secondary N) is 1. The summed E-state index contributed by atoms with van der Waals surface area (Å²) in [6.07, 6.45) is 8.22. The predicted octanol–water partition coefficient (Wildman–Crippen LogP) is 4.69. The van der Waals surface area contributed by atoms with E-state index < -0.39 is 0 Å². The van der Waals surface area contributed by atoms with Gasteiger partial charge in [0.15, 0.2) is 0 Å². The van der Waals surface area contributed by atoms with Gasteiger partial charge in [-0.05, 0) is 66.6 Å². The maximum Gasteiger partial charge on any atom is 0.0317 e. The van der Waals surface area contributed by atoms with E-state index >= 15 is 0 Å². The van der Waals surface area contributed by atoms with Crippen LogP contribution in [0.2, 0.25) is 0 Å². The maximum atomic E-state index is 3.75. The summed E-state index contributed by atoms with van der Waals surface area (Å²) in [6.45, 7) is 3.75. The van der Waals surface area contributed by atoms with Crippen molar-refractivity contribution in [2.75, 3.05) is 7.05 Å². The summed E-state index contributed by atoms with van der Waals surface area (Å²) >= 11 is 2.37. The molecule has 94 valence electrons. The molecule has 17 heavy (non-hydrogen) atoms.